The molecule has 613 valence electrons. The Hall–Kier alpha value is -9.89. The van der Waals surface area contributed by atoms with Crippen molar-refractivity contribution in [1.29, 1.82) is 0 Å². The van der Waals surface area contributed by atoms with E-state index in [0.29, 0.717) is 79.1 Å². The molecule has 15 rings (SSSR count). The van der Waals surface area contributed by atoms with Crippen LogP contribution in [-0.2, 0) is 84.8 Å². The largest absolute Gasteiger partial charge is 1.00 e. The molecular formula is C81H96BN15NaO16S3. The zero-order valence-electron chi connectivity index (χ0n) is 66.3. The van der Waals surface area contributed by atoms with Gasteiger partial charge in [0.25, 0.3) is 30.1 Å². The molecule has 0 spiro atoms. The number of carbonyl (C=O) groups excluding carboxylic acids is 4. The first kappa shape index (κ1) is 91.0. The molecule has 3 aliphatic carbocycles. The fourth-order valence-corrected chi connectivity index (χ4v) is 18.2. The predicted octanol–water partition coefficient (Wildman–Crippen LogP) is 6.07. The number of pyridine rings is 3. The molecule has 3 radical (unpaired) electrons. The molecule has 3 aromatic carbocycles. The van der Waals surface area contributed by atoms with Crippen LogP contribution in [0.25, 0.3) is 66.5 Å². The minimum atomic E-state index is -3.81. The van der Waals surface area contributed by atoms with E-state index in [0.717, 1.165) is 144 Å². The summed E-state index contributed by atoms with van der Waals surface area (Å²) in [6, 6.07) is 32.3. The van der Waals surface area contributed by atoms with Gasteiger partial charge in [-0.25, -0.2) is 71.5 Å². The molecule has 9 aromatic heterocycles. The Morgan fingerprint density at radius 3 is 0.974 bits per heavy atom. The van der Waals surface area contributed by atoms with Crippen LogP contribution in [0.3, 0.4) is 0 Å². The van der Waals surface area contributed by atoms with Crippen LogP contribution in [0, 0.1) is 0 Å². The van der Waals surface area contributed by atoms with Crippen LogP contribution in [-0.4, -0.2) is 180 Å². The van der Waals surface area contributed by atoms with Gasteiger partial charge in [0, 0.05) is 192 Å². The second-order valence-corrected chi connectivity index (χ2v) is 33.6. The van der Waals surface area contributed by atoms with Gasteiger partial charge in [-0.1, -0.05) is 54.6 Å². The summed E-state index contributed by atoms with van der Waals surface area (Å²) in [6.45, 7) is 5.55. The zero-order valence-corrected chi connectivity index (χ0v) is 70.8. The van der Waals surface area contributed by atoms with Crippen molar-refractivity contribution < 1.29 is 104 Å². The van der Waals surface area contributed by atoms with Gasteiger partial charge in [-0.3, -0.25) is 23.6 Å². The molecular weight excluding hydrogens is 1570 g/mol. The fourth-order valence-electron chi connectivity index (χ4n) is 14.2. The van der Waals surface area contributed by atoms with Crippen molar-refractivity contribution in [1.82, 2.24) is 66.8 Å². The third-order valence-electron chi connectivity index (χ3n) is 19.9. The summed E-state index contributed by atoms with van der Waals surface area (Å²) in [7, 11) is -1.58. The molecule has 3 aliphatic rings. The number of hydrogen-bond acceptors (Lipinski definition) is 25. The van der Waals surface area contributed by atoms with Crippen LogP contribution in [0.5, 0.6) is 0 Å². The molecule has 7 N–H and O–H groups in total. The van der Waals surface area contributed by atoms with Gasteiger partial charge in [0.05, 0.1) is 53.1 Å². The molecule has 12 aromatic rings. The summed E-state index contributed by atoms with van der Waals surface area (Å²) in [5.41, 5.74) is 14.2. The van der Waals surface area contributed by atoms with E-state index in [-0.39, 0.29) is 70.0 Å². The van der Waals surface area contributed by atoms with E-state index in [4.69, 9.17) is 21.1 Å². The van der Waals surface area contributed by atoms with E-state index < -0.39 is 48.0 Å². The van der Waals surface area contributed by atoms with Crippen molar-refractivity contribution in [3.63, 3.8) is 0 Å². The van der Waals surface area contributed by atoms with E-state index in [2.05, 4.69) is 75.5 Å². The number of carbonyl (C=O) groups is 4. The van der Waals surface area contributed by atoms with E-state index in [1.165, 1.54) is 18.8 Å². The van der Waals surface area contributed by atoms with E-state index in [9.17, 15) is 44.4 Å². The standard InChI is InChI=1S/2C25H29N5O3S.C23H22N4O3S.C4H6O4.C2H3BO2.C2H7NO.Na/c2*1-29-16-20(15-28-29)24-17-30(34(32,33)22-5-3-2-4-6-22)25-23(24)13-19(14-27-25)18-7-9-21(10-8-18)26-11-12-31;1-26-14-18(13-25-26)22-15-27(31(29,30)20-5-3-2-4-6-20)23-21(22)11-17(12-24-23)16-7-9-19(28)10-8-16;1-3(5)7-8-4(2)6;1-2(4)5-3;3-1-2-4;/h2*2-6,13-18,21,26,31H,7-12H2,1H3;2-6,11-16H,7-10H2,1H3;1-2H3;1H3;4H,1-3H2;/q;;;;-1;;+1. The van der Waals surface area contributed by atoms with Crippen molar-refractivity contribution >= 4 is 94.9 Å². The number of nitrogens with one attached hydrogen (secondary N) is 2. The number of benzene rings is 3. The van der Waals surface area contributed by atoms with Crippen molar-refractivity contribution in [3.8, 4) is 33.4 Å². The minimum absolute atomic E-state index is 0. The number of fused-ring (bicyclic) bond motifs is 3. The summed E-state index contributed by atoms with van der Waals surface area (Å²) in [4.78, 5) is 63.0. The molecule has 3 saturated carbocycles. The number of Topliss-reactive ketones (excluding diaryl/α,β-unsaturated/α-hetero) is 1. The maximum atomic E-state index is 13.5. The monoisotopic (exact) mass is 1660 g/mol. The Balaban J connectivity index is 0.000000181. The second-order valence-electron chi connectivity index (χ2n) is 28.1. The molecule has 3 fully saturated rings. The van der Waals surface area contributed by atoms with Gasteiger partial charge in [0.15, 0.2) is 16.9 Å². The molecule has 117 heavy (non-hydrogen) atoms. The van der Waals surface area contributed by atoms with Crippen LogP contribution in [0.1, 0.15) is 132 Å². The van der Waals surface area contributed by atoms with Crippen LogP contribution in [0.4, 0.5) is 0 Å². The van der Waals surface area contributed by atoms with Gasteiger partial charge in [-0.2, -0.15) is 15.3 Å². The number of aliphatic hydroxyl groups excluding tert-OH is 3. The number of rotatable bonds is 19. The molecule has 0 bridgehead atoms. The first-order valence-corrected chi connectivity index (χ1v) is 42.2. The minimum Gasteiger partial charge on any atom is -0.793 e. The smallest absolute Gasteiger partial charge is 0.793 e. The number of hydrogen-bond donors (Lipinski definition) is 6. The first-order valence-electron chi connectivity index (χ1n) is 37.8. The number of ketones is 1. The van der Waals surface area contributed by atoms with Gasteiger partial charge in [-0.05, 0) is 153 Å². The molecule has 0 unspecified atom stereocenters. The molecule has 0 saturated heterocycles. The summed E-state index contributed by atoms with van der Waals surface area (Å²) < 4.78 is 93.3. The van der Waals surface area contributed by atoms with Crippen molar-refractivity contribution in [2.75, 3.05) is 39.5 Å². The molecule has 31 nitrogen and oxygen atoms in total. The van der Waals surface area contributed by atoms with Gasteiger partial charge >= 0.3 is 41.5 Å². The number of aliphatic hydroxyl groups is 3. The first-order chi connectivity index (χ1) is 55.7. The van der Waals surface area contributed by atoms with Gasteiger partial charge < -0.3 is 44.4 Å². The Morgan fingerprint density at radius 1 is 0.453 bits per heavy atom. The molecule has 9 heterocycles. The summed E-state index contributed by atoms with van der Waals surface area (Å²) in [5, 5.41) is 47.9. The fraction of sp³-hybridized carbons (Fsp3) is 0.358. The van der Waals surface area contributed by atoms with Crippen molar-refractivity contribution in [3.05, 3.63) is 200 Å². The SMILES string of the molecule is CC(=O)OOC(C)=O.Cn1cc(-c2cn(S(=O)(=O)c3ccccc3)c3ncc(C4CCC(=O)CC4)cc23)cn1.Cn1cc(-c2cn(S(=O)(=O)c3ccccc3)c3ncc(C4CCC(NCCO)CC4)cc23)cn1.Cn1cc(-c2cn(S(=O)(=O)c3ccccc3)c3ncc(C4CCC(NCCO)CC4)cc23)cn1.NCCO.[B-]OC(C)=O.[Na+]. The summed E-state index contributed by atoms with van der Waals surface area (Å²) in [5.74, 6) is -0.433. The normalized spacial score (nSPS) is 16.2. The summed E-state index contributed by atoms with van der Waals surface area (Å²) in [6.07, 6.45) is 32.3. The maximum absolute atomic E-state index is 13.5. The quantitative estimate of drug-likeness (QED) is 0.0304. The maximum Gasteiger partial charge on any atom is 1.00 e. The van der Waals surface area contributed by atoms with E-state index >= 15 is 0 Å². The number of nitrogens with two attached hydrogens (primary N) is 1. The third-order valence-corrected chi connectivity index (χ3v) is 24.9. The number of aromatic nitrogens is 12. The zero-order chi connectivity index (χ0) is 83.3. The second kappa shape index (κ2) is 42.5. The Labute approximate surface area is 702 Å². The van der Waals surface area contributed by atoms with Crippen LogP contribution in [0.15, 0.2) is 198 Å². The van der Waals surface area contributed by atoms with Gasteiger partial charge in [0.1, 0.15) is 5.78 Å². The molecule has 0 amide bonds. The van der Waals surface area contributed by atoms with Crippen LogP contribution < -0.4 is 45.9 Å². The van der Waals surface area contributed by atoms with Crippen molar-refractivity contribution in [2.24, 2.45) is 26.9 Å². The molecule has 0 aliphatic heterocycles. The Morgan fingerprint density at radius 2 is 0.735 bits per heavy atom. The summed E-state index contributed by atoms with van der Waals surface area (Å²) >= 11 is 0. The molecule has 0 atom stereocenters. The topological polar surface area (TPSA) is 416 Å². The Bertz CT molecular complexity index is 5430. The number of nitrogens with zero attached hydrogens (tertiary/aromatic N) is 12. The van der Waals surface area contributed by atoms with Gasteiger partial charge in [0.2, 0.25) is 5.97 Å². The Kier molecular flexibility index (Phi) is 33.1. The average molecular weight is 1670 g/mol. The third kappa shape index (κ3) is 23.3. The van der Waals surface area contributed by atoms with Crippen LogP contribution >= 0.6 is 0 Å². The van der Waals surface area contributed by atoms with E-state index in [1.54, 1.807) is 148 Å². The average Bonchev–Trinajstić information content (AvgIpc) is 1.61. The van der Waals surface area contributed by atoms with Gasteiger partial charge in [-0.15, -0.1) is 0 Å². The van der Waals surface area contributed by atoms with Crippen LogP contribution in [0.2, 0.25) is 0 Å². The predicted molar refractivity (Wildman–Crippen MR) is 436 cm³/mol. The van der Waals surface area contributed by atoms with E-state index in [1.807, 2.05) is 58.2 Å². The molecule has 36 heteroatoms. The number of aryl methyl sites for hydroxylation is 3. The van der Waals surface area contributed by atoms with Crippen molar-refractivity contribution in [2.45, 2.75) is 142 Å².